The third-order valence-corrected chi connectivity index (χ3v) is 4.61. The molecule has 2 heterocycles. The van der Waals surface area contributed by atoms with E-state index < -0.39 is 23.9 Å². The number of carbonyl (C=O) groups is 3. The van der Waals surface area contributed by atoms with Crippen LogP contribution in [0.2, 0.25) is 0 Å². The Morgan fingerprint density at radius 2 is 1.44 bits per heavy atom. The van der Waals surface area contributed by atoms with Crippen molar-refractivity contribution in [3.8, 4) is 0 Å². The molecule has 25 heavy (non-hydrogen) atoms. The lowest BCUT2D eigenvalue weighted by Gasteiger charge is -2.46. The summed E-state index contributed by atoms with van der Waals surface area (Å²) in [5.41, 5.74) is 1.62. The highest BCUT2D eigenvalue weighted by Gasteiger charge is 2.55. The summed E-state index contributed by atoms with van der Waals surface area (Å²) in [6.45, 7) is 2.02. The van der Waals surface area contributed by atoms with Gasteiger partial charge in [-0.15, -0.1) is 0 Å². The van der Waals surface area contributed by atoms with Crippen molar-refractivity contribution in [1.29, 1.82) is 0 Å². The number of amides is 3. The molecule has 0 aromatic heterocycles. The first-order chi connectivity index (χ1) is 12.1. The molecule has 1 fully saturated rings. The molecule has 0 saturated carbocycles. The molecule has 2 aromatic rings. The number of β-lactam (4-membered cyclic amide) rings is 1. The Bertz CT molecular complexity index is 830. The normalized spacial score (nSPS) is 22.2. The zero-order valence-corrected chi connectivity index (χ0v) is 13.6. The fraction of sp³-hybridized carbons (Fsp3) is 0.211. The fourth-order valence-electron chi connectivity index (χ4n) is 3.27. The molecule has 0 unspecified atom stereocenters. The van der Waals surface area contributed by atoms with Crippen LogP contribution in [0.4, 0.5) is 0 Å². The van der Waals surface area contributed by atoms with Crippen LogP contribution in [0, 0.1) is 0 Å². The van der Waals surface area contributed by atoms with Crippen molar-refractivity contribution in [1.82, 2.24) is 9.96 Å². The Labute approximate surface area is 144 Å². The van der Waals surface area contributed by atoms with Crippen LogP contribution in [-0.4, -0.2) is 39.8 Å². The molecule has 6 heteroatoms. The minimum atomic E-state index is -0.817. The van der Waals surface area contributed by atoms with Crippen molar-refractivity contribution >= 4 is 17.7 Å². The number of hydrogen-bond acceptors (Lipinski definition) is 4. The zero-order valence-electron chi connectivity index (χ0n) is 13.6. The van der Waals surface area contributed by atoms with Gasteiger partial charge in [0, 0.05) is 0 Å². The van der Waals surface area contributed by atoms with Crippen LogP contribution in [0.25, 0.3) is 0 Å². The lowest BCUT2D eigenvalue weighted by Crippen LogP contribution is -2.70. The molecular formula is C19H16N2O4. The molecule has 2 aromatic carbocycles. The van der Waals surface area contributed by atoms with Gasteiger partial charge >= 0.3 is 0 Å². The van der Waals surface area contributed by atoms with Crippen LogP contribution in [0.3, 0.4) is 0 Å². The molecule has 2 aliphatic rings. The molecule has 2 aliphatic heterocycles. The summed E-state index contributed by atoms with van der Waals surface area (Å²) in [4.78, 5) is 44.1. The predicted octanol–water partition coefficient (Wildman–Crippen LogP) is 2.01. The Balaban J connectivity index is 1.48. The van der Waals surface area contributed by atoms with Gasteiger partial charge in [-0.25, -0.2) is 5.06 Å². The van der Waals surface area contributed by atoms with Crippen LogP contribution in [0.1, 0.15) is 33.2 Å². The molecule has 3 amide bonds. The monoisotopic (exact) mass is 336 g/mol. The summed E-state index contributed by atoms with van der Waals surface area (Å²) >= 11 is 0. The van der Waals surface area contributed by atoms with Crippen molar-refractivity contribution < 1.29 is 19.2 Å². The maximum atomic E-state index is 12.5. The van der Waals surface area contributed by atoms with E-state index in [1.165, 1.54) is 5.06 Å². The SMILES string of the molecule is C[C@@H]1[C@@H](N2C(=O)c3ccccc3C2=O)C(=O)N1OCc1ccccc1. The molecular weight excluding hydrogens is 320 g/mol. The van der Waals surface area contributed by atoms with E-state index in [4.69, 9.17) is 4.84 Å². The third-order valence-electron chi connectivity index (χ3n) is 4.61. The smallest absolute Gasteiger partial charge is 0.270 e. The van der Waals surface area contributed by atoms with Crippen LogP contribution in [-0.2, 0) is 16.2 Å². The molecule has 0 spiro atoms. The van der Waals surface area contributed by atoms with E-state index in [0.717, 1.165) is 10.5 Å². The van der Waals surface area contributed by atoms with E-state index >= 15 is 0 Å². The van der Waals surface area contributed by atoms with Crippen LogP contribution >= 0.6 is 0 Å². The van der Waals surface area contributed by atoms with E-state index in [9.17, 15) is 14.4 Å². The van der Waals surface area contributed by atoms with E-state index in [-0.39, 0.29) is 12.5 Å². The number of carbonyl (C=O) groups excluding carboxylic acids is 3. The van der Waals surface area contributed by atoms with Gasteiger partial charge in [-0.2, -0.15) is 0 Å². The summed E-state index contributed by atoms with van der Waals surface area (Å²) in [6, 6.07) is 14.9. The number of nitrogens with zero attached hydrogens (tertiary/aromatic N) is 2. The van der Waals surface area contributed by atoms with Gasteiger partial charge in [0.05, 0.1) is 17.2 Å². The summed E-state index contributed by atoms with van der Waals surface area (Å²) in [6.07, 6.45) is 0. The van der Waals surface area contributed by atoms with Crippen molar-refractivity contribution in [2.24, 2.45) is 0 Å². The largest absolute Gasteiger partial charge is 0.272 e. The average molecular weight is 336 g/mol. The third kappa shape index (κ3) is 2.34. The van der Waals surface area contributed by atoms with Gasteiger partial charge in [0.1, 0.15) is 12.6 Å². The Morgan fingerprint density at radius 1 is 0.880 bits per heavy atom. The van der Waals surface area contributed by atoms with Gasteiger partial charge in [0.25, 0.3) is 17.7 Å². The quantitative estimate of drug-likeness (QED) is 0.633. The molecule has 0 N–H and O–H groups in total. The summed E-state index contributed by atoms with van der Waals surface area (Å²) in [5.74, 6) is -1.22. The molecule has 1 saturated heterocycles. The van der Waals surface area contributed by atoms with Gasteiger partial charge in [-0.05, 0) is 24.6 Å². The van der Waals surface area contributed by atoms with Gasteiger partial charge in [-0.1, -0.05) is 42.5 Å². The van der Waals surface area contributed by atoms with Gasteiger partial charge in [0.2, 0.25) is 0 Å². The minimum Gasteiger partial charge on any atom is -0.270 e. The molecule has 6 nitrogen and oxygen atoms in total. The summed E-state index contributed by atoms with van der Waals surface area (Å²) in [5, 5.41) is 1.24. The summed E-state index contributed by atoms with van der Waals surface area (Å²) < 4.78 is 0. The lowest BCUT2D eigenvalue weighted by atomic mass is 9.98. The maximum absolute atomic E-state index is 12.5. The van der Waals surface area contributed by atoms with Crippen molar-refractivity contribution in [2.75, 3.05) is 0 Å². The van der Waals surface area contributed by atoms with Crippen molar-refractivity contribution in [2.45, 2.75) is 25.6 Å². The first-order valence-electron chi connectivity index (χ1n) is 8.06. The number of hydrogen-bond donors (Lipinski definition) is 0. The molecule has 126 valence electrons. The number of fused-ring (bicyclic) bond motifs is 1. The van der Waals surface area contributed by atoms with E-state index in [0.29, 0.717) is 11.1 Å². The van der Waals surface area contributed by atoms with Crippen molar-refractivity contribution in [3.63, 3.8) is 0 Å². The van der Waals surface area contributed by atoms with Gasteiger partial charge in [-0.3, -0.25) is 24.1 Å². The number of benzene rings is 2. The van der Waals surface area contributed by atoms with E-state index in [1.807, 2.05) is 30.3 Å². The van der Waals surface area contributed by atoms with Gasteiger partial charge < -0.3 is 0 Å². The first kappa shape index (κ1) is 15.5. The highest BCUT2D eigenvalue weighted by atomic mass is 16.7. The molecule has 2 atom stereocenters. The van der Waals surface area contributed by atoms with Crippen LogP contribution in [0.15, 0.2) is 54.6 Å². The number of hydroxylamine groups is 2. The van der Waals surface area contributed by atoms with Crippen LogP contribution < -0.4 is 0 Å². The fourth-order valence-corrected chi connectivity index (χ4v) is 3.27. The molecule has 0 bridgehead atoms. The average Bonchev–Trinajstić information content (AvgIpc) is 2.88. The minimum absolute atomic E-state index is 0.256. The topological polar surface area (TPSA) is 66.9 Å². The Hall–Kier alpha value is -2.99. The predicted molar refractivity (Wildman–Crippen MR) is 88.3 cm³/mol. The highest BCUT2D eigenvalue weighted by molar-refractivity contribution is 6.23. The molecule has 0 aliphatic carbocycles. The molecule has 0 radical (unpaired) electrons. The van der Waals surface area contributed by atoms with E-state index in [2.05, 4.69) is 0 Å². The zero-order chi connectivity index (χ0) is 17.6. The highest BCUT2D eigenvalue weighted by Crippen LogP contribution is 2.32. The van der Waals surface area contributed by atoms with Crippen molar-refractivity contribution in [3.05, 3.63) is 71.3 Å². The lowest BCUT2D eigenvalue weighted by molar-refractivity contribution is -0.242. The number of imide groups is 1. The number of rotatable bonds is 4. The first-order valence-corrected chi connectivity index (χ1v) is 8.06. The second-order valence-corrected chi connectivity index (χ2v) is 6.13. The second kappa shape index (κ2) is 5.82. The van der Waals surface area contributed by atoms with E-state index in [1.54, 1.807) is 31.2 Å². The standard InChI is InChI=1S/C19H16N2O4/c1-12-16(19(24)21(12)25-11-13-7-3-2-4-8-13)20-17(22)14-9-5-6-10-15(14)18(20)23/h2-10,12,16H,11H2,1H3/t12-,16-/m1/s1. The Morgan fingerprint density at radius 3 is 2.00 bits per heavy atom. The van der Waals surface area contributed by atoms with Gasteiger partial charge in [0.15, 0.2) is 0 Å². The maximum Gasteiger partial charge on any atom is 0.272 e. The molecule has 4 rings (SSSR count). The second-order valence-electron chi connectivity index (χ2n) is 6.13. The Kier molecular flexibility index (Phi) is 3.62. The van der Waals surface area contributed by atoms with Crippen LogP contribution in [0.5, 0.6) is 0 Å². The summed E-state index contributed by atoms with van der Waals surface area (Å²) in [7, 11) is 0.